The van der Waals surface area contributed by atoms with Crippen molar-refractivity contribution in [2.24, 2.45) is 0 Å². The maximum Gasteiger partial charge on any atom is 0.500 e. The van der Waals surface area contributed by atoms with Crippen molar-refractivity contribution in [1.29, 1.82) is 0 Å². The standard InChI is InChI=1S/C24H40O6Si/c1-5-28-31(29-6-2,30-7-3)21-13-11-9-8-10-12-20-27-24(25)19-16-22-14-17-23(26-4)18-15-22/h14-19H,5-13,20-21H2,1-4H3/b19-16+. The van der Waals surface area contributed by atoms with Crippen LogP contribution in [0.2, 0.25) is 6.04 Å². The van der Waals surface area contributed by atoms with E-state index in [-0.39, 0.29) is 5.97 Å². The molecule has 0 amide bonds. The first-order chi connectivity index (χ1) is 15.1. The number of unbranched alkanes of at least 4 members (excludes halogenated alkanes) is 5. The topological polar surface area (TPSA) is 63.2 Å². The molecule has 0 aliphatic heterocycles. The van der Waals surface area contributed by atoms with Crippen LogP contribution in [0.15, 0.2) is 30.3 Å². The van der Waals surface area contributed by atoms with E-state index < -0.39 is 8.80 Å². The second kappa shape index (κ2) is 16.9. The van der Waals surface area contributed by atoms with Crippen LogP contribution in [0.4, 0.5) is 0 Å². The summed E-state index contributed by atoms with van der Waals surface area (Å²) in [4.78, 5) is 11.8. The van der Waals surface area contributed by atoms with E-state index in [2.05, 4.69) is 0 Å². The molecule has 1 aromatic carbocycles. The van der Waals surface area contributed by atoms with Crippen LogP contribution in [0.1, 0.15) is 64.9 Å². The molecule has 0 spiro atoms. The third-order valence-corrected chi connectivity index (χ3v) is 7.89. The Bertz CT molecular complexity index is 600. The molecule has 0 fully saturated rings. The minimum atomic E-state index is -2.50. The van der Waals surface area contributed by atoms with Crippen LogP contribution < -0.4 is 4.74 Å². The molecule has 31 heavy (non-hydrogen) atoms. The molecule has 6 nitrogen and oxygen atoms in total. The lowest BCUT2D eigenvalue weighted by atomic mass is 10.1. The summed E-state index contributed by atoms with van der Waals surface area (Å²) in [6.45, 7) is 8.30. The molecule has 0 bridgehead atoms. The first-order valence-electron chi connectivity index (χ1n) is 11.5. The van der Waals surface area contributed by atoms with Crippen molar-refractivity contribution in [3.63, 3.8) is 0 Å². The third-order valence-electron chi connectivity index (χ3n) is 4.74. The van der Waals surface area contributed by atoms with Crippen molar-refractivity contribution in [2.45, 2.75) is 65.3 Å². The summed E-state index contributed by atoms with van der Waals surface area (Å²) in [5.74, 6) is 0.485. The van der Waals surface area contributed by atoms with Crippen molar-refractivity contribution in [3.8, 4) is 5.75 Å². The molecule has 0 atom stereocenters. The van der Waals surface area contributed by atoms with Gasteiger partial charge in [-0.05, 0) is 57.4 Å². The molecule has 176 valence electrons. The zero-order valence-corrected chi connectivity index (χ0v) is 20.7. The molecule has 0 aliphatic rings. The molecule has 0 N–H and O–H groups in total. The molecule has 0 saturated heterocycles. The molecule has 0 unspecified atom stereocenters. The van der Waals surface area contributed by atoms with Gasteiger partial charge in [0.1, 0.15) is 5.75 Å². The third kappa shape index (κ3) is 12.1. The molecular weight excluding hydrogens is 412 g/mol. The van der Waals surface area contributed by atoms with Gasteiger partial charge in [0.2, 0.25) is 0 Å². The number of methoxy groups -OCH3 is 1. The van der Waals surface area contributed by atoms with E-state index in [0.717, 1.165) is 55.9 Å². The number of hydrogen-bond acceptors (Lipinski definition) is 6. The van der Waals surface area contributed by atoms with E-state index in [0.29, 0.717) is 26.4 Å². The van der Waals surface area contributed by atoms with Gasteiger partial charge in [-0.3, -0.25) is 0 Å². The fourth-order valence-corrected chi connectivity index (χ4v) is 5.94. The van der Waals surface area contributed by atoms with E-state index in [1.54, 1.807) is 13.2 Å². The first kappa shape index (κ1) is 27.4. The van der Waals surface area contributed by atoms with Crippen LogP contribution in [-0.4, -0.2) is 48.3 Å². The molecule has 1 rings (SSSR count). The summed E-state index contributed by atoms with van der Waals surface area (Å²) in [7, 11) is -0.870. The van der Waals surface area contributed by atoms with Crippen LogP contribution >= 0.6 is 0 Å². The van der Waals surface area contributed by atoms with Crippen LogP contribution in [0.5, 0.6) is 5.75 Å². The highest BCUT2D eigenvalue weighted by Gasteiger charge is 2.39. The molecule has 7 heteroatoms. The zero-order valence-electron chi connectivity index (χ0n) is 19.7. The lowest BCUT2D eigenvalue weighted by Gasteiger charge is -2.28. The van der Waals surface area contributed by atoms with E-state index >= 15 is 0 Å². The smallest absolute Gasteiger partial charge is 0.497 e. The largest absolute Gasteiger partial charge is 0.500 e. The van der Waals surface area contributed by atoms with Gasteiger partial charge in [0.15, 0.2) is 0 Å². The van der Waals surface area contributed by atoms with Gasteiger partial charge in [0.25, 0.3) is 0 Å². The fraction of sp³-hybridized carbons (Fsp3) is 0.625. The van der Waals surface area contributed by atoms with E-state index in [1.165, 1.54) is 6.08 Å². The normalized spacial score (nSPS) is 11.7. The van der Waals surface area contributed by atoms with Gasteiger partial charge < -0.3 is 22.8 Å². The Morgan fingerprint density at radius 3 is 1.94 bits per heavy atom. The molecule has 0 aromatic heterocycles. The lowest BCUT2D eigenvalue weighted by Crippen LogP contribution is -2.45. The second-order valence-corrected chi connectivity index (χ2v) is 9.86. The predicted octanol–water partition coefficient (Wildman–Crippen LogP) is 5.64. The summed E-state index contributed by atoms with van der Waals surface area (Å²) < 4.78 is 28.0. The van der Waals surface area contributed by atoms with Gasteiger partial charge in [0.05, 0.1) is 13.7 Å². The number of benzene rings is 1. The van der Waals surface area contributed by atoms with Gasteiger partial charge in [-0.1, -0.05) is 37.8 Å². The van der Waals surface area contributed by atoms with E-state index in [4.69, 9.17) is 22.8 Å². The highest BCUT2D eigenvalue weighted by molar-refractivity contribution is 6.60. The highest BCUT2D eigenvalue weighted by atomic mass is 28.4. The number of esters is 1. The minimum absolute atomic E-state index is 0.306. The Labute approximate surface area is 189 Å². The predicted molar refractivity (Wildman–Crippen MR) is 126 cm³/mol. The summed E-state index contributed by atoms with van der Waals surface area (Å²) in [5.41, 5.74) is 0.933. The summed E-state index contributed by atoms with van der Waals surface area (Å²) in [6, 6.07) is 8.38. The number of ether oxygens (including phenoxy) is 2. The van der Waals surface area contributed by atoms with E-state index in [1.807, 2.05) is 45.0 Å². The number of rotatable bonds is 18. The zero-order chi connectivity index (χ0) is 22.8. The summed E-state index contributed by atoms with van der Waals surface area (Å²) in [6.07, 6.45) is 9.62. The van der Waals surface area contributed by atoms with Crippen molar-refractivity contribution in [3.05, 3.63) is 35.9 Å². The Morgan fingerprint density at radius 2 is 1.39 bits per heavy atom. The Hall–Kier alpha value is -1.67. The van der Waals surface area contributed by atoms with Crippen molar-refractivity contribution in [1.82, 2.24) is 0 Å². The van der Waals surface area contributed by atoms with Gasteiger partial charge in [-0.2, -0.15) is 0 Å². The molecule has 0 radical (unpaired) electrons. The van der Waals surface area contributed by atoms with Crippen LogP contribution in [-0.2, 0) is 22.8 Å². The van der Waals surface area contributed by atoms with Gasteiger partial charge in [-0.25, -0.2) is 4.79 Å². The quantitative estimate of drug-likeness (QED) is 0.124. The van der Waals surface area contributed by atoms with Crippen LogP contribution in [0, 0.1) is 0 Å². The minimum Gasteiger partial charge on any atom is -0.497 e. The molecular formula is C24H40O6Si. The SMILES string of the molecule is CCO[Si](CCCCCCCCOC(=O)/C=C/c1ccc(OC)cc1)(OCC)OCC. The Morgan fingerprint density at radius 1 is 0.839 bits per heavy atom. The van der Waals surface area contributed by atoms with Gasteiger partial charge >= 0.3 is 14.8 Å². The highest BCUT2D eigenvalue weighted by Crippen LogP contribution is 2.20. The van der Waals surface area contributed by atoms with Crippen molar-refractivity contribution < 1.29 is 27.5 Å². The molecule has 1 aromatic rings. The van der Waals surface area contributed by atoms with E-state index in [9.17, 15) is 4.79 Å². The van der Waals surface area contributed by atoms with Crippen LogP contribution in [0.25, 0.3) is 6.08 Å². The summed E-state index contributed by atoms with van der Waals surface area (Å²) >= 11 is 0. The molecule has 0 heterocycles. The number of carbonyl (C=O) groups excluding carboxylic acids is 1. The Kier molecular flexibility index (Phi) is 15.0. The fourth-order valence-electron chi connectivity index (χ4n) is 3.25. The second-order valence-electron chi connectivity index (χ2n) is 7.13. The maximum absolute atomic E-state index is 11.8. The van der Waals surface area contributed by atoms with Crippen molar-refractivity contribution in [2.75, 3.05) is 33.5 Å². The summed E-state index contributed by atoms with van der Waals surface area (Å²) in [5, 5.41) is 0. The number of carbonyl (C=O) groups is 1. The molecule has 0 aliphatic carbocycles. The van der Waals surface area contributed by atoms with Gasteiger partial charge in [-0.15, -0.1) is 0 Å². The first-order valence-corrected chi connectivity index (χ1v) is 13.4. The van der Waals surface area contributed by atoms with Crippen molar-refractivity contribution >= 4 is 20.8 Å². The number of hydrogen-bond donors (Lipinski definition) is 0. The monoisotopic (exact) mass is 452 g/mol. The van der Waals surface area contributed by atoms with Gasteiger partial charge in [0, 0.05) is 31.9 Å². The van der Waals surface area contributed by atoms with Crippen LogP contribution in [0.3, 0.4) is 0 Å². The maximum atomic E-state index is 11.8. The average Bonchev–Trinajstić information content (AvgIpc) is 2.77. The average molecular weight is 453 g/mol. The Balaban J connectivity index is 2.12. The lowest BCUT2D eigenvalue weighted by molar-refractivity contribution is -0.137. The molecule has 0 saturated carbocycles.